The zero-order valence-electron chi connectivity index (χ0n) is 20.7. The number of carbonyl (C=O) groups excluding carboxylic acids is 1. The summed E-state index contributed by atoms with van der Waals surface area (Å²) in [5.41, 5.74) is 0.753. The standard InChI is InChI=1S/C25H32N2O3.C2HF3O2/c28-25(27-17-6-8-22(27)20-26-15-4-5-16-26)21-11-13-24(14-12-21)30-19-7-18-29-23-9-2-1-3-10-23;3-2(4,5)1(6)7/h1-3,9-14,22H,4-8,15-20H2;(H,6,7)/t22-;/m0./s1. The van der Waals surface area contributed by atoms with Crippen LogP contribution in [0, 0.1) is 0 Å². The maximum absolute atomic E-state index is 13.0. The summed E-state index contributed by atoms with van der Waals surface area (Å²) >= 11 is 0. The minimum atomic E-state index is -5.08. The van der Waals surface area contributed by atoms with E-state index in [0.717, 1.165) is 49.4 Å². The number of likely N-dealkylation sites (tertiary alicyclic amines) is 2. The second-order valence-corrected chi connectivity index (χ2v) is 8.99. The first-order chi connectivity index (χ1) is 17.7. The van der Waals surface area contributed by atoms with E-state index in [-0.39, 0.29) is 5.91 Å². The van der Waals surface area contributed by atoms with Crippen LogP contribution in [-0.2, 0) is 4.79 Å². The van der Waals surface area contributed by atoms with Gasteiger partial charge in [0.1, 0.15) is 11.5 Å². The Bertz CT molecular complexity index is 980. The van der Waals surface area contributed by atoms with Gasteiger partial charge in [-0.25, -0.2) is 4.79 Å². The normalized spacial score (nSPS) is 17.7. The average Bonchev–Trinajstić information content (AvgIpc) is 3.57. The first-order valence-corrected chi connectivity index (χ1v) is 12.5. The third kappa shape index (κ3) is 9.27. The molecule has 0 saturated carbocycles. The van der Waals surface area contributed by atoms with Crippen molar-refractivity contribution in [3.8, 4) is 11.5 Å². The second kappa shape index (κ2) is 13.9. The number of hydrogen-bond acceptors (Lipinski definition) is 5. The Hall–Kier alpha value is -3.27. The van der Waals surface area contributed by atoms with Crippen LogP contribution in [0.5, 0.6) is 11.5 Å². The fraction of sp³-hybridized carbons (Fsp3) is 0.481. The predicted octanol–water partition coefficient (Wildman–Crippen LogP) is 4.87. The Balaban J connectivity index is 0.000000479. The van der Waals surface area contributed by atoms with E-state index in [9.17, 15) is 18.0 Å². The van der Waals surface area contributed by atoms with Gasteiger partial charge in [0, 0.05) is 31.1 Å². The lowest BCUT2D eigenvalue weighted by Crippen LogP contribution is -2.42. The summed E-state index contributed by atoms with van der Waals surface area (Å²) < 4.78 is 43.2. The summed E-state index contributed by atoms with van der Waals surface area (Å²) in [4.78, 5) is 26.5. The van der Waals surface area contributed by atoms with Crippen LogP contribution in [-0.4, -0.2) is 78.4 Å². The van der Waals surface area contributed by atoms with Crippen LogP contribution < -0.4 is 9.47 Å². The van der Waals surface area contributed by atoms with Crippen molar-refractivity contribution in [2.75, 3.05) is 39.4 Å². The number of para-hydroxylation sites is 1. The number of carbonyl (C=O) groups is 2. The number of alkyl halides is 3. The molecule has 7 nitrogen and oxygen atoms in total. The molecular weight excluding hydrogens is 489 g/mol. The third-order valence-electron chi connectivity index (χ3n) is 6.22. The van der Waals surface area contributed by atoms with E-state index in [4.69, 9.17) is 19.4 Å². The van der Waals surface area contributed by atoms with Gasteiger partial charge in [-0.2, -0.15) is 13.2 Å². The van der Waals surface area contributed by atoms with Crippen LogP contribution in [0.2, 0.25) is 0 Å². The number of amides is 1. The highest BCUT2D eigenvalue weighted by atomic mass is 19.4. The molecule has 2 aromatic rings. The first-order valence-electron chi connectivity index (χ1n) is 12.5. The molecule has 2 fully saturated rings. The second-order valence-electron chi connectivity index (χ2n) is 8.99. The number of rotatable bonds is 9. The highest BCUT2D eigenvalue weighted by Gasteiger charge is 2.38. The smallest absolute Gasteiger partial charge is 0.490 e. The maximum Gasteiger partial charge on any atom is 0.490 e. The van der Waals surface area contributed by atoms with Crippen molar-refractivity contribution in [3.05, 3.63) is 60.2 Å². The number of hydrogen-bond donors (Lipinski definition) is 1. The largest absolute Gasteiger partial charge is 0.493 e. The van der Waals surface area contributed by atoms with Gasteiger partial charge in [0.2, 0.25) is 0 Å². The number of nitrogens with zero attached hydrogens (tertiary/aromatic N) is 2. The summed E-state index contributed by atoms with van der Waals surface area (Å²) in [5.74, 6) is -0.932. The Morgan fingerprint density at radius 3 is 2.00 bits per heavy atom. The monoisotopic (exact) mass is 522 g/mol. The fourth-order valence-electron chi connectivity index (χ4n) is 4.37. The molecule has 0 aromatic heterocycles. The molecule has 10 heteroatoms. The molecular formula is C27H33F3N2O5. The molecule has 2 aromatic carbocycles. The zero-order valence-corrected chi connectivity index (χ0v) is 20.7. The molecule has 0 unspecified atom stereocenters. The van der Waals surface area contributed by atoms with Crippen molar-refractivity contribution in [3.63, 3.8) is 0 Å². The highest BCUT2D eigenvalue weighted by molar-refractivity contribution is 5.94. The fourth-order valence-corrected chi connectivity index (χ4v) is 4.37. The lowest BCUT2D eigenvalue weighted by Gasteiger charge is -2.28. The molecule has 2 saturated heterocycles. The average molecular weight is 523 g/mol. The van der Waals surface area contributed by atoms with E-state index in [1.165, 1.54) is 25.9 Å². The molecule has 202 valence electrons. The van der Waals surface area contributed by atoms with Crippen molar-refractivity contribution >= 4 is 11.9 Å². The quantitative estimate of drug-likeness (QED) is 0.474. The van der Waals surface area contributed by atoms with E-state index < -0.39 is 12.1 Å². The van der Waals surface area contributed by atoms with Gasteiger partial charge in [-0.1, -0.05) is 18.2 Å². The van der Waals surface area contributed by atoms with Gasteiger partial charge >= 0.3 is 12.1 Å². The summed E-state index contributed by atoms with van der Waals surface area (Å²) in [7, 11) is 0. The number of ether oxygens (including phenoxy) is 2. The molecule has 1 atom stereocenters. The molecule has 2 aliphatic rings. The molecule has 2 heterocycles. The van der Waals surface area contributed by atoms with Crippen LogP contribution in [0.1, 0.15) is 42.5 Å². The summed E-state index contributed by atoms with van der Waals surface area (Å²) in [6, 6.07) is 17.7. The van der Waals surface area contributed by atoms with Crippen LogP contribution in [0.3, 0.4) is 0 Å². The van der Waals surface area contributed by atoms with E-state index in [2.05, 4.69) is 9.80 Å². The summed E-state index contributed by atoms with van der Waals surface area (Å²) in [6.45, 7) is 5.47. The van der Waals surface area contributed by atoms with Gasteiger partial charge < -0.3 is 24.4 Å². The van der Waals surface area contributed by atoms with Crippen molar-refractivity contribution in [2.45, 2.75) is 44.3 Å². The van der Waals surface area contributed by atoms with Crippen LogP contribution in [0.15, 0.2) is 54.6 Å². The Morgan fingerprint density at radius 1 is 0.865 bits per heavy atom. The van der Waals surface area contributed by atoms with Gasteiger partial charge in [0.15, 0.2) is 0 Å². The van der Waals surface area contributed by atoms with Crippen molar-refractivity contribution < 1.29 is 37.3 Å². The summed E-state index contributed by atoms with van der Waals surface area (Å²) in [6.07, 6.45) is 0.535. The molecule has 37 heavy (non-hydrogen) atoms. The predicted molar refractivity (Wildman–Crippen MR) is 132 cm³/mol. The number of aliphatic carboxylic acids is 1. The minimum Gasteiger partial charge on any atom is -0.493 e. The molecule has 4 rings (SSSR count). The van der Waals surface area contributed by atoms with Gasteiger partial charge in [0.25, 0.3) is 5.91 Å². The first kappa shape index (κ1) is 28.3. The van der Waals surface area contributed by atoms with E-state index >= 15 is 0 Å². The topological polar surface area (TPSA) is 79.3 Å². The molecule has 1 N–H and O–H groups in total. The lowest BCUT2D eigenvalue weighted by molar-refractivity contribution is -0.192. The number of carboxylic acids is 1. The maximum atomic E-state index is 13.0. The molecule has 0 radical (unpaired) electrons. The molecule has 2 aliphatic heterocycles. The number of benzene rings is 2. The van der Waals surface area contributed by atoms with E-state index in [1.54, 1.807) is 0 Å². The molecule has 0 spiro atoms. The van der Waals surface area contributed by atoms with Crippen LogP contribution in [0.25, 0.3) is 0 Å². The molecule has 0 aliphatic carbocycles. The highest BCUT2D eigenvalue weighted by Crippen LogP contribution is 2.23. The van der Waals surface area contributed by atoms with Gasteiger partial charge in [0.05, 0.1) is 13.2 Å². The lowest BCUT2D eigenvalue weighted by atomic mass is 10.1. The Labute approximate surface area is 214 Å². The molecule has 0 bridgehead atoms. The van der Waals surface area contributed by atoms with Crippen LogP contribution in [0.4, 0.5) is 13.2 Å². The SMILES string of the molecule is O=C(O)C(F)(F)F.O=C(c1ccc(OCCCOc2ccccc2)cc1)N1CCC[C@H]1CN1CCCC1. The van der Waals surface area contributed by atoms with Crippen molar-refractivity contribution in [2.24, 2.45) is 0 Å². The number of carboxylic acid groups (broad SMARTS) is 1. The summed E-state index contributed by atoms with van der Waals surface area (Å²) in [5, 5.41) is 7.12. The van der Waals surface area contributed by atoms with Gasteiger partial charge in [-0.05, 0) is 75.2 Å². The third-order valence-corrected chi connectivity index (χ3v) is 6.22. The molecule has 1 amide bonds. The Morgan fingerprint density at radius 2 is 1.43 bits per heavy atom. The van der Waals surface area contributed by atoms with Gasteiger partial charge in [-0.15, -0.1) is 0 Å². The minimum absolute atomic E-state index is 0.152. The van der Waals surface area contributed by atoms with Crippen LogP contribution >= 0.6 is 0 Å². The number of halogens is 3. The van der Waals surface area contributed by atoms with E-state index in [0.29, 0.717) is 19.3 Å². The Kier molecular flexibility index (Phi) is 10.6. The zero-order chi connectivity index (χ0) is 26.7. The van der Waals surface area contributed by atoms with Crippen molar-refractivity contribution in [1.82, 2.24) is 9.80 Å². The van der Waals surface area contributed by atoms with Crippen molar-refractivity contribution in [1.29, 1.82) is 0 Å². The van der Waals surface area contributed by atoms with Gasteiger partial charge in [-0.3, -0.25) is 4.79 Å². The van der Waals surface area contributed by atoms with E-state index in [1.807, 2.05) is 54.6 Å².